The second-order valence-corrected chi connectivity index (χ2v) is 9.66. The van der Waals surface area contributed by atoms with Crippen LogP contribution in [0.3, 0.4) is 0 Å². The minimum absolute atomic E-state index is 0.0684. The topological polar surface area (TPSA) is 92.8 Å². The zero-order valence-electron chi connectivity index (χ0n) is 16.7. The third-order valence-corrected chi connectivity index (χ3v) is 7.35. The van der Waals surface area contributed by atoms with Crippen LogP contribution in [-0.2, 0) is 19.6 Å². The van der Waals surface area contributed by atoms with Crippen LogP contribution < -0.4 is 9.46 Å². The Morgan fingerprint density at radius 2 is 1.96 bits per heavy atom. The Hall–Kier alpha value is -2.09. The number of nitrogens with one attached hydrogen (secondary N) is 1. The first-order valence-electron chi connectivity index (χ1n) is 9.70. The second kappa shape index (κ2) is 7.73. The van der Waals surface area contributed by atoms with E-state index in [-0.39, 0.29) is 16.6 Å². The molecule has 1 atom stereocenters. The van der Waals surface area contributed by atoms with E-state index in [1.54, 1.807) is 19.1 Å². The smallest absolute Gasteiger partial charge is 0.267 e. The van der Waals surface area contributed by atoms with Crippen LogP contribution in [0, 0.1) is 12.8 Å². The van der Waals surface area contributed by atoms with Crippen LogP contribution in [0.25, 0.3) is 0 Å². The van der Waals surface area contributed by atoms with Crippen LogP contribution in [0.4, 0.5) is 0 Å². The fourth-order valence-corrected chi connectivity index (χ4v) is 5.28. The average molecular weight is 409 g/mol. The van der Waals surface area contributed by atoms with Crippen molar-refractivity contribution >= 4 is 21.8 Å². The monoisotopic (exact) mass is 408 g/mol. The van der Waals surface area contributed by atoms with Crippen molar-refractivity contribution in [2.75, 3.05) is 13.7 Å². The van der Waals surface area contributed by atoms with E-state index in [1.807, 2.05) is 6.92 Å². The highest BCUT2D eigenvalue weighted by Crippen LogP contribution is 2.35. The molecule has 2 aliphatic rings. The number of hydrogen-bond acceptors (Lipinski definition) is 5. The Labute approximate surface area is 166 Å². The number of aryl methyl sites for hydroxylation is 1. The molecule has 1 aliphatic heterocycles. The number of carbonyl (C=O) groups excluding carboxylic acids is 2. The molecule has 1 saturated heterocycles. The summed E-state index contributed by atoms with van der Waals surface area (Å²) in [6, 6.07) is 4.65. The van der Waals surface area contributed by atoms with Gasteiger partial charge in [-0.2, -0.15) is 0 Å². The van der Waals surface area contributed by atoms with Gasteiger partial charge in [0.2, 0.25) is 5.91 Å². The largest absolute Gasteiger partial charge is 0.495 e. The average Bonchev–Trinajstić information content (AvgIpc) is 3.11. The number of amides is 2. The van der Waals surface area contributed by atoms with Gasteiger partial charge in [-0.3, -0.25) is 9.59 Å². The van der Waals surface area contributed by atoms with Gasteiger partial charge in [-0.15, -0.1) is 0 Å². The molecule has 7 nitrogen and oxygen atoms in total. The second-order valence-electron chi connectivity index (χ2n) is 8.01. The van der Waals surface area contributed by atoms with Crippen molar-refractivity contribution in [2.45, 2.75) is 62.8 Å². The highest BCUT2D eigenvalue weighted by molar-refractivity contribution is 7.90. The number of nitrogens with zero attached hydrogens (tertiary/aromatic N) is 1. The van der Waals surface area contributed by atoms with Gasteiger partial charge < -0.3 is 9.64 Å². The van der Waals surface area contributed by atoms with Gasteiger partial charge in [0.1, 0.15) is 16.2 Å². The van der Waals surface area contributed by atoms with E-state index >= 15 is 0 Å². The van der Waals surface area contributed by atoms with Crippen LogP contribution >= 0.6 is 0 Å². The van der Waals surface area contributed by atoms with Gasteiger partial charge in [-0.25, -0.2) is 13.1 Å². The van der Waals surface area contributed by atoms with E-state index < -0.39 is 21.5 Å². The van der Waals surface area contributed by atoms with Crippen molar-refractivity contribution in [1.82, 2.24) is 9.62 Å². The Morgan fingerprint density at radius 1 is 1.29 bits per heavy atom. The summed E-state index contributed by atoms with van der Waals surface area (Å²) in [5.74, 6) is -0.198. The molecule has 2 fully saturated rings. The summed E-state index contributed by atoms with van der Waals surface area (Å²) in [6.07, 6.45) is 5.25. The third-order valence-electron chi connectivity index (χ3n) is 5.98. The van der Waals surface area contributed by atoms with Gasteiger partial charge in [0, 0.05) is 13.0 Å². The molecule has 1 saturated carbocycles. The Balaban J connectivity index is 1.73. The first-order chi connectivity index (χ1) is 13.2. The van der Waals surface area contributed by atoms with E-state index in [4.69, 9.17) is 4.74 Å². The first kappa shape index (κ1) is 20.6. The highest BCUT2D eigenvalue weighted by atomic mass is 32.2. The van der Waals surface area contributed by atoms with Crippen molar-refractivity contribution < 1.29 is 22.7 Å². The maximum absolute atomic E-state index is 12.8. The summed E-state index contributed by atoms with van der Waals surface area (Å²) < 4.78 is 32.8. The molecule has 3 rings (SSSR count). The van der Waals surface area contributed by atoms with Gasteiger partial charge in [0.25, 0.3) is 15.9 Å². The van der Waals surface area contributed by atoms with Gasteiger partial charge in [0.15, 0.2) is 0 Å². The summed E-state index contributed by atoms with van der Waals surface area (Å²) in [6.45, 7) is 3.92. The van der Waals surface area contributed by atoms with Crippen LogP contribution in [0.1, 0.15) is 51.0 Å². The van der Waals surface area contributed by atoms with Crippen molar-refractivity contribution in [3.8, 4) is 5.75 Å². The van der Waals surface area contributed by atoms with E-state index in [9.17, 15) is 18.0 Å². The molecule has 1 aromatic rings. The first-order valence-corrected chi connectivity index (χ1v) is 11.2. The van der Waals surface area contributed by atoms with Gasteiger partial charge in [0.05, 0.1) is 7.11 Å². The van der Waals surface area contributed by atoms with Gasteiger partial charge in [-0.1, -0.05) is 18.9 Å². The highest BCUT2D eigenvalue weighted by Gasteiger charge is 2.50. The molecule has 0 aromatic heterocycles. The number of rotatable bonds is 6. The maximum Gasteiger partial charge on any atom is 0.267 e. The lowest BCUT2D eigenvalue weighted by Gasteiger charge is -2.49. The van der Waals surface area contributed by atoms with Crippen LogP contribution in [-0.4, -0.2) is 44.3 Å². The van der Waals surface area contributed by atoms with Gasteiger partial charge >= 0.3 is 0 Å². The lowest BCUT2D eigenvalue weighted by atomic mass is 9.85. The molecule has 154 valence electrons. The zero-order chi connectivity index (χ0) is 20.5. The van der Waals surface area contributed by atoms with Crippen molar-refractivity contribution in [3.63, 3.8) is 0 Å². The fourth-order valence-electron chi connectivity index (χ4n) is 4.05. The molecule has 2 amide bonds. The number of sulfonamides is 1. The normalized spacial score (nSPS) is 22.6. The van der Waals surface area contributed by atoms with E-state index in [2.05, 4.69) is 4.72 Å². The van der Waals surface area contributed by atoms with Crippen LogP contribution in [0.5, 0.6) is 5.75 Å². The minimum Gasteiger partial charge on any atom is -0.495 e. The zero-order valence-corrected chi connectivity index (χ0v) is 17.5. The molecular formula is C20H28N2O5S. The lowest BCUT2D eigenvalue weighted by molar-refractivity contribution is -0.157. The summed E-state index contributed by atoms with van der Waals surface area (Å²) in [4.78, 5) is 26.9. The predicted molar refractivity (Wildman–Crippen MR) is 104 cm³/mol. The van der Waals surface area contributed by atoms with Crippen molar-refractivity contribution in [1.29, 1.82) is 0 Å². The Kier molecular flexibility index (Phi) is 5.70. The molecular weight excluding hydrogens is 380 g/mol. The molecule has 0 bridgehead atoms. The molecule has 1 aromatic carbocycles. The van der Waals surface area contributed by atoms with Crippen LogP contribution in [0.2, 0.25) is 0 Å². The molecule has 8 heteroatoms. The quantitative estimate of drug-likeness (QED) is 0.780. The standard InChI is InChI=1S/C20H28N2O5S/c1-14-8-9-17(16(12-14)27-3)28(25,26)21-19(24)20(2)10-11-22(20)18(23)13-15-6-4-5-7-15/h8-9,12,15H,4-7,10-11,13H2,1-3H3,(H,21,24). The van der Waals surface area contributed by atoms with E-state index in [0.717, 1.165) is 31.2 Å². The van der Waals surface area contributed by atoms with Crippen LogP contribution in [0.15, 0.2) is 23.1 Å². The summed E-state index contributed by atoms with van der Waals surface area (Å²) >= 11 is 0. The Bertz CT molecular complexity index is 877. The summed E-state index contributed by atoms with van der Waals surface area (Å²) in [5.41, 5.74) is -0.294. The molecule has 1 unspecified atom stereocenters. The number of carbonyl (C=O) groups is 2. The number of methoxy groups -OCH3 is 1. The molecule has 1 N–H and O–H groups in total. The summed E-state index contributed by atoms with van der Waals surface area (Å²) in [5, 5.41) is 0. The fraction of sp³-hybridized carbons (Fsp3) is 0.600. The SMILES string of the molecule is COc1cc(C)ccc1S(=O)(=O)NC(=O)C1(C)CCN1C(=O)CC1CCCC1. The van der Waals surface area contributed by atoms with Crippen molar-refractivity contribution in [3.05, 3.63) is 23.8 Å². The molecule has 0 spiro atoms. The predicted octanol–water partition coefficient (Wildman–Crippen LogP) is 2.38. The molecule has 0 radical (unpaired) electrons. The number of benzene rings is 1. The Morgan fingerprint density at radius 3 is 2.54 bits per heavy atom. The maximum atomic E-state index is 12.8. The third kappa shape index (κ3) is 3.87. The lowest BCUT2D eigenvalue weighted by Crippen LogP contribution is -2.67. The molecule has 28 heavy (non-hydrogen) atoms. The molecule has 1 aliphatic carbocycles. The van der Waals surface area contributed by atoms with Crippen molar-refractivity contribution in [2.24, 2.45) is 5.92 Å². The number of hydrogen-bond donors (Lipinski definition) is 1. The molecule has 1 heterocycles. The van der Waals surface area contributed by atoms with Gasteiger partial charge in [-0.05, 0) is 56.7 Å². The summed E-state index contributed by atoms with van der Waals surface area (Å²) in [7, 11) is -2.73. The van der Waals surface area contributed by atoms with E-state index in [0.29, 0.717) is 25.3 Å². The number of likely N-dealkylation sites (tertiary alicyclic amines) is 1. The minimum atomic E-state index is -4.11. The van der Waals surface area contributed by atoms with E-state index in [1.165, 1.54) is 18.1 Å². The number of ether oxygens (including phenoxy) is 1.